The van der Waals surface area contributed by atoms with Crippen LogP contribution in [0.15, 0.2) is 30.3 Å². The average Bonchev–Trinajstić information content (AvgIpc) is 2.65. The number of aliphatic carboxylic acids is 1. The van der Waals surface area contributed by atoms with Gasteiger partial charge in [0.1, 0.15) is 0 Å². The molecule has 0 saturated carbocycles. The monoisotopic (exact) mass is 416 g/mol. The molecule has 2 aliphatic heterocycles. The van der Waals surface area contributed by atoms with Crippen molar-refractivity contribution in [1.82, 2.24) is 10.2 Å². The maximum absolute atomic E-state index is 11.9. The molecule has 3 rings (SSSR count). The van der Waals surface area contributed by atoms with E-state index in [-0.39, 0.29) is 6.42 Å². The lowest BCUT2D eigenvalue weighted by molar-refractivity contribution is -0.139. The molecule has 0 amide bonds. The van der Waals surface area contributed by atoms with Gasteiger partial charge in [0, 0.05) is 50.5 Å². The number of rotatable bonds is 6. The van der Waals surface area contributed by atoms with Crippen LogP contribution in [0.3, 0.4) is 0 Å². The smallest absolute Gasteiger partial charge is 0.324 e. The number of hydrogen-bond acceptors (Lipinski definition) is 5. The van der Waals surface area contributed by atoms with Crippen LogP contribution in [0, 0.1) is 17.8 Å². The van der Waals surface area contributed by atoms with Crippen molar-refractivity contribution < 1.29 is 18.3 Å². The van der Waals surface area contributed by atoms with Crippen molar-refractivity contribution in [1.29, 1.82) is 0 Å². The fourth-order valence-corrected chi connectivity index (χ4v) is 4.12. The largest absolute Gasteiger partial charge is 0.480 e. The van der Waals surface area contributed by atoms with E-state index in [4.69, 9.17) is 0 Å². The van der Waals surface area contributed by atoms with Gasteiger partial charge in [-0.3, -0.25) is 9.69 Å². The van der Waals surface area contributed by atoms with E-state index in [9.17, 15) is 18.3 Å². The van der Waals surface area contributed by atoms with Gasteiger partial charge in [-0.25, -0.2) is 8.42 Å². The summed E-state index contributed by atoms with van der Waals surface area (Å²) in [5.74, 6) is 5.67. The highest BCUT2D eigenvalue weighted by atomic mass is 32.2. The Morgan fingerprint density at radius 2 is 2.00 bits per heavy atom. The van der Waals surface area contributed by atoms with E-state index in [1.54, 1.807) is 0 Å². The fraction of sp³-hybridized carbons (Fsp3) is 0.500. The first-order valence-corrected chi connectivity index (χ1v) is 11.8. The van der Waals surface area contributed by atoms with Gasteiger partial charge in [-0.2, -0.15) is 0 Å². The molecule has 0 aromatic heterocycles. The second-order valence-corrected chi connectivity index (χ2v) is 10.5. The summed E-state index contributed by atoms with van der Waals surface area (Å²) in [6.07, 6.45) is 4.06. The van der Waals surface area contributed by atoms with Crippen LogP contribution >= 0.6 is 0 Å². The van der Waals surface area contributed by atoms with Crippen molar-refractivity contribution in [3.8, 4) is 11.8 Å². The Labute approximate surface area is 172 Å². The van der Waals surface area contributed by atoms with Gasteiger partial charge in [0.2, 0.25) is 0 Å². The topological polar surface area (TPSA) is 86.7 Å². The first-order valence-electron chi connectivity index (χ1n) is 9.86. The van der Waals surface area contributed by atoms with Crippen LogP contribution in [0.1, 0.15) is 30.9 Å². The first-order chi connectivity index (χ1) is 13.7. The molecule has 1 unspecified atom stereocenters. The maximum Gasteiger partial charge on any atom is 0.324 e. The van der Waals surface area contributed by atoms with Crippen LogP contribution < -0.4 is 5.32 Å². The zero-order valence-corrected chi connectivity index (χ0v) is 17.8. The van der Waals surface area contributed by atoms with E-state index in [0.29, 0.717) is 19.0 Å². The highest BCUT2D eigenvalue weighted by Gasteiger charge is 2.43. The Balaban J connectivity index is 1.57. The van der Waals surface area contributed by atoms with Gasteiger partial charge >= 0.3 is 5.97 Å². The lowest BCUT2D eigenvalue weighted by Gasteiger charge is -2.30. The quantitative estimate of drug-likeness (QED) is 0.686. The standard InChI is InChI=1S/C22H28N2O4S/c1-22(21(25)26,29(2,27)28)11-14-24-12-9-20(10-13-24)19-7-5-17(6-8-19)3-4-18-15-23-16-18/h5-9,18,23H,10-16H2,1-2H3,(H,25,26). The molecular formula is C22H28N2O4S. The number of sulfone groups is 1. The zero-order chi connectivity index (χ0) is 21.1. The van der Waals surface area contributed by atoms with E-state index in [2.05, 4.69) is 40.3 Å². The summed E-state index contributed by atoms with van der Waals surface area (Å²) in [6, 6.07) is 8.28. The van der Waals surface area contributed by atoms with Crippen LogP contribution in [0.2, 0.25) is 0 Å². The molecule has 1 atom stereocenters. The molecule has 0 radical (unpaired) electrons. The molecule has 156 valence electrons. The highest BCUT2D eigenvalue weighted by molar-refractivity contribution is 7.92. The van der Waals surface area contributed by atoms with E-state index in [0.717, 1.165) is 37.9 Å². The van der Waals surface area contributed by atoms with Crippen molar-refractivity contribution in [2.24, 2.45) is 5.92 Å². The predicted molar refractivity (Wildman–Crippen MR) is 114 cm³/mol. The Kier molecular flexibility index (Phi) is 6.47. The molecule has 1 aromatic carbocycles. The van der Waals surface area contributed by atoms with Gasteiger partial charge in [0.25, 0.3) is 0 Å². The molecule has 29 heavy (non-hydrogen) atoms. The highest BCUT2D eigenvalue weighted by Crippen LogP contribution is 2.25. The van der Waals surface area contributed by atoms with Crippen LogP contribution in [-0.2, 0) is 14.6 Å². The van der Waals surface area contributed by atoms with Crippen LogP contribution in [0.25, 0.3) is 5.57 Å². The summed E-state index contributed by atoms with van der Waals surface area (Å²) < 4.78 is 22.1. The molecule has 1 fully saturated rings. The molecule has 1 saturated heterocycles. The summed E-state index contributed by atoms with van der Waals surface area (Å²) in [6.45, 7) is 5.15. The van der Waals surface area contributed by atoms with Gasteiger partial charge in [0.15, 0.2) is 14.6 Å². The Bertz CT molecular complexity index is 953. The average molecular weight is 417 g/mol. The van der Waals surface area contributed by atoms with Crippen molar-refractivity contribution in [3.05, 3.63) is 41.5 Å². The van der Waals surface area contributed by atoms with Gasteiger partial charge < -0.3 is 10.4 Å². The van der Waals surface area contributed by atoms with Crippen LogP contribution in [0.4, 0.5) is 0 Å². The Morgan fingerprint density at radius 1 is 1.31 bits per heavy atom. The number of nitrogens with zero attached hydrogens (tertiary/aromatic N) is 1. The van der Waals surface area contributed by atoms with Crippen molar-refractivity contribution in [2.75, 3.05) is 39.0 Å². The minimum absolute atomic E-state index is 0.0776. The molecule has 6 nitrogen and oxygen atoms in total. The summed E-state index contributed by atoms with van der Waals surface area (Å²) >= 11 is 0. The van der Waals surface area contributed by atoms with Crippen molar-refractivity contribution >= 4 is 21.4 Å². The Morgan fingerprint density at radius 3 is 2.48 bits per heavy atom. The number of benzene rings is 1. The number of nitrogens with one attached hydrogen (secondary N) is 1. The second kappa shape index (κ2) is 8.70. The van der Waals surface area contributed by atoms with Gasteiger partial charge in [-0.15, -0.1) is 0 Å². The SMILES string of the molecule is CC(CCN1CC=C(c2ccc(C#CC3CNC3)cc2)CC1)(C(=O)O)S(C)(=O)=O. The number of carboxylic acid groups (broad SMARTS) is 1. The van der Waals surface area contributed by atoms with Crippen molar-refractivity contribution in [2.45, 2.75) is 24.5 Å². The van der Waals surface area contributed by atoms with E-state index < -0.39 is 20.6 Å². The third-order valence-electron chi connectivity index (χ3n) is 5.93. The minimum atomic E-state index is -3.69. The normalized spacial score (nSPS) is 20.0. The van der Waals surface area contributed by atoms with E-state index in [1.165, 1.54) is 18.1 Å². The van der Waals surface area contributed by atoms with Gasteiger partial charge in [-0.1, -0.05) is 30.0 Å². The molecule has 0 aliphatic carbocycles. The molecule has 7 heteroatoms. The lowest BCUT2D eigenvalue weighted by Crippen LogP contribution is -2.46. The van der Waals surface area contributed by atoms with E-state index in [1.807, 2.05) is 12.1 Å². The summed E-state index contributed by atoms with van der Waals surface area (Å²) in [7, 11) is -3.69. The fourth-order valence-electron chi connectivity index (χ4n) is 3.34. The van der Waals surface area contributed by atoms with Gasteiger partial charge in [-0.05, 0) is 43.0 Å². The molecular weight excluding hydrogens is 388 g/mol. The lowest BCUT2D eigenvalue weighted by atomic mass is 9.97. The first kappa shape index (κ1) is 21.6. The third kappa shape index (κ3) is 5.08. The number of carbonyl (C=O) groups is 1. The van der Waals surface area contributed by atoms with Crippen LogP contribution in [-0.4, -0.2) is 68.1 Å². The van der Waals surface area contributed by atoms with Crippen LogP contribution in [0.5, 0.6) is 0 Å². The molecule has 0 bridgehead atoms. The molecule has 2 heterocycles. The molecule has 0 spiro atoms. The van der Waals surface area contributed by atoms with E-state index >= 15 is 0 Å². The van der Waals surface area contributed by atoms with Crippen molar-refractivity contribution in [3.63, 3.8) is 0 Å². The molecule has 2 aliphatic rings. The number of hydrogen-bond donors (Lipinski definition) is 2. The number of carboxylic acids is 1. The summed E-state index contributed by atoms with van der Waals surface area (Å²) in [5.41, 5.74) is 3.45. The summed E-state index contributed by atoms with van der Waals surface area (Å²) in [4.78, 5) is 13.6. The minimum Gasteiger partial charge on any atom is -0.480 e. The second-order valence-electron chi connectivity index (χ2n) is 8.04. The third-order valence-corrected chi connectivity index (χ3v) is 7.94. The predicted octanol–water partition coefficient (Wildman–Crippen LogP) is 1.62. The molecule has 1 aromatic rings. The zero-order valence-electron chi connectivity index (χ0n) is 16.9. The summed E-state index contributed by atoms with van der Waals surface area (Å²) in [5, 5.41) is 12.6. The Hall–Kier alpha value is -2.14. The van der Waals surface area contributed by atoms with Gasteiger partial charge in [0.05, 0.1) is 0 Å². The molecule has 2 N–H and O–H groups in total. The maximum atomic E-state index is 11.9.